The molecular formula is C57H39N5. The van der Waals surface area contributed by atoms with Crippen molar-refractivity contribution < 1.29 is 0 Å². The Labute approximate surface area is 358 Å². The van der Waals surface area contributed by atoms with E-state index >= 15 is 0 Å². The Balaban J connectivity index is 1.08. The fourth-order valence-corrected chi connectivity index (χ4v) is 10.5. The van der Waals surface area contributed by atoms with Gasteiger partial charge in [-0.05, 0) is 56.8 Å². The van der Waals surface area contributed by atoms with E-state index in [2.05, 4.69) is 227 Å². The fourth-order valence-electron chi connectivity index (χ4n) is 10.5. The Bertz CT molecular complexity index is 3500. The second-order valence-electron chi connectivity index (χ2n) is 16.5. The van der Waals surface area contributed by atoms with Gasteiger partial charge in [-0.2, -0.15) is 0 Å². The van der Waals surface area contributed by atoms with Gasteiger partial charge in [0.25, 0.3) is 0 Å². The zero-order valence-corrected chi connectivity index (χ0v) is 33.7. The summed E-state index contributed by atoms with van der Waals surface area (Å²) >= 11 is 0. The molecule has 2 atom stereocenters. The molecule has 1 aliphatic carbocycles. The highest BCUT2D eigenvalue weighted by Gasteiger charge is 2.39. The molecule has 9 aromatic carbocycles. The van der Waals surface area contributed by atoms with E-state index in [1.165, 1.54) is 49.3 Å². The molecule has 0 bridgehead atoms. The highest BCUT2D eigenvalue weighted by molar-refractivity contribution is 6.24. The Morgan fingerprint density at radius 1 is 0.435 bits per heavy atom. The van der Waals surface area contributed by atoms with Gasteiger partial charge in [0.2, 0.25) is 0 Å². The van der Waals surface area contributed by atoms with Crippen molar-refractivity contribution in [1.82, 2.24) is 9.88 Å². The molecule has 1 aromatic heterocycles. The lowest BCUT2D eigenvalue weighted by atomic mass is 9.91. The van der Waals surface area contributed by atoms with Crippen LogP contribution in [-0.2, 0) is 0 Å². The van der Waals surface area contributed by atoms with Gasteiger partial charge in [0, 0.05) is 44.5 Å². The molecule has 5 nitrogen and oxygen atoms in total. The van der Waals surface area contributed by atoms with E-state index in [4.69, 9.17) is 9.98 Å². The summed E-state index contributed by atoms with van der Waals surface area (Å²) in [5.74, 6) is 1.86. The van der Waals surface area contributed by atoms with E-state index < -0.39 is 6.17 Å². The molecule has 5 heteroatoms. The van der Waals surface area contributed by atoms with Crippen LogP contribution >= 0.6 is 0 Å². The standard InChI is InChI=1S/C57H39N5/c1-4-22-39-36(17-1)20-15-29-44(39)55-58-56(45-30-16-21-37-18-2-5-23-40(37)45)60-57(59-55)47-28-10-14-34-51(47)61-50-33-13-9-27-46(50)53-52(61)35-38-19-3-6-24-41(38)54(53)62-48-31-11-7-25-42(48)43-26-8-12-32-49(43)62/h1-35,42,48,57H,(H,58,59,60). The third-order valence-corrected chi connectivity index (χ3v) is 13.1. The van der Waals surface area contributed by atoms with E-state index in [1.54, 1.807) is 0 Å². The number of fused-ring (bicyclic) bond motifs is 9. The Kier molecular flexibility index (Phi) is 7.73. The predicted molar refractivity (Wildman–Crippen MR) is 259 cm³/mol. The van der Waals surface area contributed by atoms with Gasteiger partial charge in [0.05, 0.1) is 28.5 Å². The Morgan fingerprint density at radius 2 is 0.984 bits per heavy atom. The molecule has 62 heavy (non-hydrogen) atoms. The molecule has 0 spiro atoms. The molecule has 3 aliphatic rings. The van der Waals surface area contributed by atoms with Crippen LogP contribution in [0.1, 0.15) is 34.3 Å². The summed E-state index contributed by atoms with van der Waals surface area (Å²) < 4.78 is 2.47. The van der Waals surface area contributed by atoms with Crippen LogP contribution in [0.5, 0.6) is 0 Å². The van der Waals surface area contributed by atoms with Crippen molar-refractivity contribution in [1.29, 1.82) is 0 Å². The molecule has 0 saturated heterocycles. The number of rotatable bonds is 5. The van der Waals surface area contributed by atoms with Crippen LogP contribution in [0.3, 0.4) is 0 Å². The second kappa shape index (κ2) is 13.8. The smallest absolute Gasteiger partial charge is 0.171 e. The minimum Gasteiger partial charge on any atom is -0.332 e. The summed E-state index contributed by atoms with van der Waals surface area (Å²) in [7, 11) is 0. The molecule has 2 unspecified atom stereocenters. The van der Waals surface area contributed by atoms with Crippen molar-refractivity contribution in [2.45, 2.75) is 18.1 Å². The first-order chi connectivity index (χ1) is 30.8. The summed E-state index contributed by atoms with van der Waals surface area (Å²) in [6.45, 7) is 0. The highest BCUT2D eigenvalue weighted by atomic mass is 15.2. The van der Waals surface area contributed by atoms with Gasteiger partial charge >= 0.3 is 0 Å². The molecule has 1 N–H and O–H groups in total. The highest BCUT2D eigenvalue weighted by Crippen LogP contribution is 2.53. The van der Waals surface area contributed by atoms with Gasteiger partial charge in [-0.25, -0.2) is 9.98 Å². The summed E-state index contributed by atoms with van der Waals surface area (Å²) in [6.07, 6.45) is 8.61. The van der Waals surface area contributed by atoms with E-state index in [-0.39, 0.29) is 12.0 Å². The summed E-state index contributed by atoms with van der Waals surface area (Å²) in [5, 5.41) is 13.2. The first kappa shape index (κ1) is 34.8. The predicted octanol–water partition coefficient (Wildman–Crippen LogP) is 13.5. The number of amidine groups is 2. The van der Waals surface area contributed by atoms with Gasteiger partial charge in [0.15, 0.2) is 6.17 Å². The molecule has 10 aromatic rings. The lowest BCUT2D eigenvalue weighted by Crippen LogP contribution is -2.36. The van der Waals surface area contributed by atoms with Crippen molar-refractivity contribution in [3.8, 4) is 5.69 Å². The van der Waals surface area contributed by atoms with Gasteiger partial charge in [-0.3, -0.25) is 0 Å². The third kappa shape index (κ3) is 5.21. The molecule has 0 radical (unpaired) electrons. The normalized spacial score (nSPS) is 17.1. The average Bonchev–Trinajstić information content (AvgIpc) is 3.85. The summed E-state index contributed by atoms with van der Waals surface area (Å²) in [6, 6.07) is 68.0. The maximum Gasteiger partial charge on any atom is 0.171 e. The minimum atomic E-state index is -0.545. The zero-order valence-electron chi connectivity index (χ0n) is 33.7. The maximum absolute atomic E-state index is 5.54. The number of hydrogen-bond donors (Lipinski definition) is 1. The number of hydrogen-bond acceptors (Lipinski definition) is 4. The number of aliphatic imine (C=N–C) groups is 2. The third-order valence-electron chi connectivity index (χ3n) is 13.1. The number of benzene rings is 9. The number of aromatic nitrogens is 1. The first-order valence-corrected chi connectivity index (χ1v) is 21.4. The first-order valence-electron chi connectivity index (χ1n) is 21.4. The Hall–Kier alpha value is -8.02. The second-order valence-corrected chi connectivity index (χ2v) is 16.5. The lowest BCUT2D eigenvalue weighted by molar-refractivity contribution is 0.747. The van der Waals surface area contributed by atoms with Crippen molar-refractivity contribution >= 4 is 77.2 Å². The van der Waals surface area contributed by atoms with Crippen molar-refractivity contribution in [3.63, 3.8) is 0 Å². The molecule has 3 heterocycles. The SMILES string of the molecule is C1=CC2c3ccccc3N(c3c4ccccc4cc4c3c3ccccc3n4-c3ccccc3C3N=C(c4cccc5ccccc45)NC(c4cccc5ccccc45)=N3)C2C=C1. The van der Waals surface area contributed by atoms with Gasteiger partial charge in [-0.1, -0.05) is 188 Å². The largest absolute Gasteiger partial charge is 0.332 e. The van der Waals surface area contributed by atoms with E-state index in [0.29, 0.717) is 0 Å². The van der Waals surface area contributed by atoms with Crippen LogP contribution in [0.4, 0.5) is 11.4 Å². The molecule has 292 valence electrons. The van der Waals surface area contributed by atoms with E-state index in [0.717, 1.165) is 55.9 Å². The quantitative estimate of drug-likeness (QED) is 0.189. The van der Waals surface area contributed by atoms with Crippen LogP contribution < -0.4 is 10.2 Å². The number of anilines is 2. The summed E-state index contributed by atoms with van der Waals surface area (Å²) in [4.78, 5) is 13.7. The van der Waals surface area contributed by atoms with Crippen molar-refractivity contribution in [3.05, 3.63) is 235 Å². The molecule has 2 aliphatic heterocycles. The maximum atomic E-state index is 5.54. The summed E-state index contributed by atoms with van der Waals surface area (Å²) in [5.41, 5.74) is 10.3. The molecule has 0 fully saturated rings. The number of para-hydroxylation sites is 3. The van der Waals surface area contributed by atoms with Crippen LogP contribution in [0, 0.1) is 0 Å². The number of allylic oxidation sites excluding steroid dienone is 2. The zero-order chi connectivity index (χ0) is 40.7. The monoisotopic (exact) mass is 793 g/mol. The van der Waals surface area contributed by atoms with Crippen LogP contribution in [0.15, 0.2) is 222 Å². The molecule has 0 saturated carbocycles. The van der Waals surface area contributed by atoms with Gasteiger partial charge in [0.1, 0.15) is 11.7 Å². The fraction of sp³-hybridized carbons (Fsp3) is 0.0526. The van der Waals surface area contributed by atoms with Crippen molar-refractivity contribution in [2.24, 2.45) is 9.98 Å². The van der Waals surface area contributed by atoms with Gasteiger partial charge < -0.3 is 14.8 Å². The topological polar surface area (TPSA) is 44.9 Å². The number of nitrogens with zero attached hydrogens (tertiary/aromatic N) is 4. The molecule has 0 amide bonds. The van der Waals surface area contributed by atoms with Crippen molar-refractivity contribution in [2.75, 3.05) is 4.90 Å². The number of nitrogens with one attached hydrogen (secondary N) is 1. The Morgan fingerprint density at radius 3 is 1.71 bits per heavy atom. The van der Waals surface area contributed by atoms with E-state index in [9.17, 15) is 0 Å². The molecular weight excluding hydrogens is 755 g/mol. The van der Waals surface area contributed by atoms with Crippen LogP contribution in [-0.4, -0.2) is 22.3 Å². The lowest BCUT2D eigenvalue weighted by Gasteiger charge is -2.31. The minimum absolute atomic E-state index is 0.152. The van der Waals surface area contributed by atoms with Gasteiger partial charge in [-0.15, -0.1) is 0 Å². The average molecular weight is 794 g/mol. The van der Waals surface area contributed by atoms with Crippen LogP contribution in [0.2, 0.25) is 0 Å². The molecule has 13 rings (SSSR count). The van der Waals surface area contributed by atoms with Crippen LogP contribution in [0.25, 0.3) is 59.8 Å². The van der Waals surface area contributed by atoms with E-state index in [1.807, 2.05) is 0 Å².